The highest BCUT2D eigenvalue weighted by atomic mass is 19.4. The van der Waals surface area contributed by atoms with Crippen LogP contribution in [0.2, 0.25) is 0 Å². The number of piperidine rings is 1. The molecule has 0 radical (unpaired) electrons. The quantitative estimate of drug-likeness (QED) is 0.383. The number of nitrogens with one attached hydrogen (secondary N) is 1. The van der Waals surface area contributed by atoms with Crippen LogP contribution in [-0.4, -0.2) is 52.6 Å². The van der Waals surface area contributed by atoms with E-state index < -0.39 is 65.5 Å². The molecular formula is C28H32F7N3O3. The van der Waals surface area contributed by atoms with Crippen molar-refractivity contribution in [3.63, 3.8) is 0 Å². The summed E-state index contributed by atoms with van der Waals surface area (Å²) in [5.74, 6) is -0.896. The van der Waals surface area contributed by atoms with Crippen LogP contribution < -0.4 is 5.32 Å². The van der Waals surface area contributed by atoms with Crippen LogP contribution in [0.1, 0.15) is 73.0 Å². The summed E-state index contributed by atoms with van der Waals surface area (Å²) in [5, 5.41) is 12.3. The van der Waals surface area contributed by atoms with Crippen molar-refractivity contribution in [3.05, 3.63) is 70.0 Å². The molecule has 226 valence electrons. The van der Waals surface area contributed by atoms with Crippen LogP contribution in [0.4, 0.5) is 35.5 Å². The van der Waals surface area contributed by atoms with Gasteiger partial charge in [-0.25, -0.2) is 9.18 Å². The predicted octanol–water partition coefficient (Wildman–Crippen LogP) is 6.38. The molecule has 0 saturated carbocycles. The van der Waals surface area contributed by atoms with Crippen LogP contribution in [0, 0.1) is 12.7 Å². The first-order valence-electron chi connectivity index (χ1n) is 12.9. The van der Waals surface area contributed by atoms with E-state index in [1.54, 1.807) is 6.92 Å². The van der Waals surface area contributed by atoms with Gasteiger partial charge in [-0.3, -0.25) is 4.79 Å². The van der Waals surface area contributed by atoms with Gasteiger partial charge in [0.15, 0.2) is 0 Å². The monoisotopic (exact) mass is 591 g/mol. The Morgan fingerprint density at radius 1 is 1.05 bits per heavy atom. The lowest BCUT2D eigenvalue weighted by molar-refractivity contribution is -0.143. The summed E-state index contributed by atoms with van der Waals surface area (Å²) in [6.07, 6.45) is -10.6. The Hall–Kier alpha value is -3.35. The summed E-state index contributed by atoms with van der Waals surface area (Å²) in [4.78, 5) is 28.5. The molecule has 2 aromatic carbocycles. The minimum absolute atomic E-state index is 0.0298. The Kier molecular flexibility index (Phi) is 9.62. The van der Waals surface area contributed by atoms with Crippen molar-refractivity contribution in [2.75, 3.05) is 13.6 Å². The summed E-state index contributed by atoms with van der Waals surface area (Å²) >= 11 is 0. The first-order valence-corrected chi connectivity index (χ1v) is 12.9. The van der Waals surface area contributed by atoms with E-state index in [0.717, 1.165) is 4.90 Å². The van der Waals surface area contributed by atoms with E-state index in [9.17, 15) is 45.4 Å². The van der Waals surface area contributed by atoms with Crippen molar-refractivity contribution >= 4 is 11.9 Å². The fourth-order valence-corrected chi connectivity index (χ4v) is 5.00. The number of hydrogen-bond acceptors (Lipinski definition) is 3. The van der Waals surface area contributed by atoms with Crippen LogP contribution >= 0.6 is 0 Å². The van der Waals surface area contributed by atoms with Gasteiger partial charge in [0.05, 0.1) is 35.7 Å². The van der Waals surface area contributed by atoms with Crippen molar-refractivity contribution in [1.82, 2.24) is 15.1 Å². The molecule has 13 heteroatoms. The lowest BCUT2D eigenvalue weighted by Crippen LogP contribution is -2.52. The number of rotatable bonds is 6. The summed E-state index contributed by atoms with van der Waals surface area (Å²) < 4.78 is 94.4. The number of carbonyl (C=O) groups is 2. The van der Waals surface area contributed by atoms with Gasteiger partial charge in [-0.05, 0) is 80.6 Å². The van der Waals surface area contributed by atoms with Gasteiger partial charge in [-0.15, -0.1) is 0 Å². The normalized spacial score (nSPS) is 19.5. The molecular weight excluding hydrogens is 559 g/mol. The zero-order valence-electron chi connectivity index (χ0n) is 22.9. The molecule has 2 aromatic rings. The minimum atomic E-state index is -5.04. The largest absolute Gasteiger partial charge is 0.416 e. The van der Waals surface area contributed by atoms with E-state index in [-0.39, 0.29) is 31.0 Å². The number of benzene rings is 2. The van der Waals surface area contributed by atoms with Crippen LogP contribution in [0.25, 0.3) is 0 Å². The highest BCUT2D eigenvalue weighted by molar-refractivity contribution is 5.77. The lowest BCUT2D eigenvalue weighted by atomic mass is 9.89. The summed E-state index contributed by atoms with van der Waals surface area (Å²) in [6, 6.07) is 2.29. The first-order chi connectivity index (χ1) is 18.9. The van der Waals surface area contributed by atoms with Gasteiger partial charge in [0.2, 0.25) is 5.91 Å². The van der Waals surface area contributed by atoms with Crippen LogP contribution in [-0.2, 0) is 17.1 Å². The Morgan fingerprint density at radius 3 is 2.15 bits per heavy atom. The van der Waals surface area contributed by atoms with Crippen molar-refractivity contribution in [1.29, 1.82) is 0 Å². The number of likely N-dealkylation sites (tertiary alicyclic amines) is 1. The number of aryl methyl sites for hydroxylation is 1. The number of aliphatic hydroxyl groups is 1. The molecule has 0 bridgehead atoms. The standard InChI is InChI=1S/C28H32F7N3O3/c1-15-9-21(29)5-6-23(15)24-14-22(36-25(40)10-16(2)39)7-8-38(24)26(41)37(4)17(3)18-11-19(27(30,31)32)13-20(12-18)28(33,34)35/h5-6,9,11-13,16-17,22,24,39H,7-8,10,14H2,1-4H3,(H,36,40)/t16-,17-,22-,24+/m0/s1. The Bertz CT molecular complexity index is 1230. The average molecular weight is 592 g/mol. The summed E-state index contributed by atoms with van der Waals surface area (Å²) in [7, 11) is 1.28. The van der Waals surface area contributed by atoms with Gasteiger partial charge < -0.3 is 20.2 Å². The van der Waals surface area contributed by atoms with Crippen molar-refractivity contribution in [2.24, 2.45) is 0 Å². The third-order valence-corrected chi connectivity index (χ3v) is 7.26. The molecule has 4 atom stereocenters. The molecule has 1 aliphatic heterocycles. The second-order valence-corrected chi connectivity index (χ2v) is 10.5. The second-order valence-electron chi connectivity index (χ2n) is 10.5. The maximum atomic E-state index is 13.9. The topological polar surface area (TPSA) is 72.9 Å². The Morgan fingerprint density at radius 2 is 1.63 bits per heavy atom. The molecule has 1 aliphatic rings. The number of carbonyl (C=O) groups excluding carboxylic acids is 2. The number of halogens is 7. The van der Waals surface area contributed by atoms with Gasteiger partial charge in [-0.1, -0.05) is 6.07 Å². The maximum Gasteiger partial charge on any atom is 0.416 e. The SMILES string of the molecule is Cc1cc(F)ccc1[C@H]1C[C@@H](NC(=O)C[C@H](C)O)CCN1C(=O)N(C)[C@@H](C)c1cc(C(F)(F)F)cc(C(F)(F)F)c1. The van der Waals surface area contributed by atoms with Gasteiger partial charge >= 0.3 is 18.4 Å². The minimum Gasteiger partial charge on any atom is -0.393 e. The first kappa shape index (κ1) is 32.2. The molecule has 3 amide bonds. The van der Waals surface area contributed by atoms with E-state index in [1.807, 2.05) is 0 Å². The molecule has 2 N–H and O–H groups in total. The third kappa shape index (κ3) is 7.90. The molecule has 0 aliphatic carbocycles. The molecule has 3 rings (SSSR count). The van der Waals surface area contributed by atoms with Crippen LogP contribution in [0.15, 0.2) is 36.4 Å². The van der Waals surface area contributed by atoms with Gasteiger partial charge in [0.25, 0.3) is 0 Å². The second kappa shape index (κ2) is 12.3. The average Bonchev–Trinajstić information content (AvgIpc) is 2.85. The fourth-order valence-electron chi connectivity index (χ4n) is 5.00. The smallest absolute Gasteiger partial charge is 0.393 e. The highest BCUT2D eigenvalue weighted by Gasteiger charge is 2.39. The molecule has 0 aromatic heterocycles. The highest BCUT2D eigenvalue weighted by Crippen LogP contribution is 2.39. The van der Waals surface area contributed by atoms with Crippen molar-refractivity contribution < 1.29 is 45.4 Å². The van der Waals surface area contributed by atoms with E-state index in [4.69, 9.17) is 0 Å². The van der Waals surface area contributed by atoms with E-state index in [1.165, 1.54) is 44.0 Å². The molecule has 41 heavy (non-hydrogen) atoms. The maximum absolute atomic E-state index is 13.9. The Labute approximate surface area is 233 Å². The molecule has 0 unspecified atom stereocenters. The zero-order valence-corrected chi connectivity index (χ0v) is 22.9. The number of hydrogen-bond donors (Lipinski definition) is 2. The van der Waals surface area contributed by atoms with Gasteiger partial charge in [0.1, 0.15) is 5.82 Å². The fraction of sp³-hybridized carbons (Fsp3) is 0.500. The number of alkyl halides is 6. The van der Waals surface area contributed by atoms with Crippen molar-refractivity contribution in [2.45, 2.75) is 76.6 Å². The zero-order chi connectivity index (χ0) is 30.9. The van der Waals surface area contributed by atoms with E-state index in [2.05, 4.69) is 5.32 Å². The molecule has 0 spiro atoms. The number of nitrogens with zero attached hydrogens (tertiary/aromatic N) is 2. The molecule has 1 saturated heterocycles. The molecule has 1 fully saturated rings. The van der Waals surface area contributed by atoms with Crippen LogP contribution in [0.5, 0.6) is 0 Å². The number of aliphatic hydroxyl groups excluding tert-OH is 1. The predicted molar refractivity (Wildman–Crippen MR) is 136 cm³/mol. The lowest BCUT2D eigenvalue weighted by Gasteiger charge is -2.43. The summed E-state index contributed by atoms with van der Waals surface area (Å²) in [6.45, 7) is 4.52. The van der Waals surface area contributed by atoms with E-state index in [0.29, 0.717) is 29.7 Å². The third-order valence-electron chi connectivity index (χ3n) is 7.26. The Balaban J connectivity index is 1.94. The van der Waals surface area contributed by atoms with E-state index >= 15 is 0 Å². The number of amides is 3. The molecule has 6 nitrogen and oxygen atoms in total. The molecule has 1 heterocycles. The van der Waals surface area contributed by atoms with Gasteiger partial charge in [-0.2, -0.15) is 26.3 Å². The van der Waals surface area contributed by atoms with Gasteiger partial charge in [0, 0.05) is 19.6 Å². The number of urea groups is 1. The van der Waals surface area contributed by atoms with Crippen molar-refractivity contribution in [3.8, 4) is 0 Å². The van der Waals surface area contributed by atoms with Crippen LogP contribution in [0.3, 0.4) is 0 Å². The summed E-state index contributed by atoms with van der Waals surface area (Å²) in [5.41, 5.74) is -2.22.